The summed E-state index contributed by atoms with van der Waals surface area (Å²) in [5, 5.41) is 0. The van der Waals surface area contributed by atoms with Gasteiger partial charge in [-0.25, -0.2) is 8.42 Å². The first-order chi connectivity index (χ1) is 7.83. The predicted octanol–water partition coefficient (Wildman–Crippen LogP) is -1.07. The van der Waals surface area contributed by atoms with Crippen molar-refractivity contribution in [3.8, 4) is 0 Å². The van der Waals surface area contributed by atoms with Crippen LogP contribution in [-0.4, -0.2) is 24.5 Å². The molecule has 0 saturated heterocycles. The molecule has 0 aliphatic rings. The zero-order valence-corrected chi connectivity index (χ0v) is 13.7. The topological polar surface area (TPSA) is 74.3 Å². The molecule has 0 amide bonds. The van der Waals surface area contributed by atoms with E-state index in [-0.39, 0.29) is 35.1 Å². The Labute approximate surface area is 130 Å². The van der Waals surface area contributed by atoms with E-state index in [1.165, 1.54) is 0 Å². The van der Waals surface area contributed by atoms with Gasteiger partial charge in [0.2, 0.25) is 0 Å². The van der Waals surface area contributed by atoms with E-state index in [1.807, 2.05) is 0 Å². The van der Waals surface area contributed by atoms with Crippen LogP contribution in [0.3, 0.4) is 0 Å². The number of benzene rings is 1. The van der Waals surface area contributed by atoms with Gasteiger partial charge in [-0.05, 0) is 17.9 Å². The molecule has 0 aromatic heterocycles. The van der Waals surface area contributed by atoms with Gasteiger partial charge < -0.3 is 4.55 Å². The maximum absolute atomic E-state index is 11.4. The van der Waals surface area contributed by atoms with Crippen LogP contribution in [0.15, 0.2) is 24.3 Å². The van der Waals surface area contributed by atoms with Gasteiger partial charge in [-0.2, -0.15) is 0 Å². The minimum atomic E-state index is -4.50. The van der Waals surface area contributed by atoms with Gasteiger partial charge in [0.25, 0.3) is 0 Å². The average Bonchev–Trinajstić information content (AvgIpc) is 2.26. The summed E-state index contributed by atoms with van der Waals surface area (Å²) in [6, 6.07) is 6.71. The number of carbonyl (C=O) groups is 1. The van der Waals surface area contributed by atoms with E-state index >= 15 is 0 Å². The summed E-state index contributed by atoms with van der Waals surface area (Å²) < 4.78 is 31.4. The molecule has 0 bridgehead atoms. The molecular formula is C12H15NaO4S. The Bertz CT molecular complexity index is 493. The third-order valence-corrected chi connectivity index (χ3v) is 3.34. The summed E-state index contributed by atoms with van der Waals surface area (Å²) in [4.78, 5) is 11.4. The van der Waals surface area contributed by atoms with Gasteiger partial charge in [0.15, 0.2) is 5.78 Å². The van der Waals surface area contributed by atoms with E-state index in [1.54, 1.807) is 24.3 Å². The smallest absolute Gasteiger partial charge is 0.748 e. The Morgan fingerprint density at radius 1 is 1.28 bits per heavy atom. The SMILES string of the molecule is CCC(C)c1ccc(C(=O)CS(=O)(=O)[O-])cc1.[Na+]. The number of carbonyl (C=O) groups excluding carboxylic acids is 1. The summed E-state index contributed by atoms with van der Waals surface area (Å²) in [6.45, 7) is 4.13. The Kier molecular flexibility index (Phi) is 7.32. The van der Waals surface area contributed by atoms with Gasteiger partial charge in [-0.1, -0.05) is 38.1 Å². The number of hydrogen-bond acceptors (Lipinski definition) is 4. The van der Waals surface area contributed by atoms with E-state index in [2.05, 4.69) is 13.8 Å². The van der Waals surface area contributed by atoms with Crippen LogP contribution in [0.1, 0.15) is 42.1 Å². The maximum Gasteiger partial charge on any atom is 1.00 e. The third kappa shape index (κ3) is 5.63. The fourth-order valence-corrected chi connectivity index (χ4v) is 1.96. The molecule has 6 heteroatoms. The minimum Gasteiger partial charge on any atom is -0.748 e. The van der Waals surface area contributed by atoms with E-state index in [0.29, 0.717) is 5.92 Å². The molecule has 0 spiro atoms. The zero-order valence-electron chi connectivity index (χ0n) is 10.8. The van der Waals surface area contributed by atoms with Crippen molar-refractivity contribution in [2.75, 3.05) is 5.75 Å². The van der Waals surface area contributed by atoms with Gasteiger partial charge in [0, 0.05) is 5.56 Å². The molecule has 4 nitrogen and oxygen atoms in total. The van der Waals surface area contributed by atoms with Crippen molar-refractivity contribution in [1.29, 1.82) is 0 Å². The molecule has 0 radical (unpaired) electrons. The van der Waals surface area contributed by atoms with Crippen LogP contribution in [-0.2, 0) is 10.1 Å². The molecule has 0 aliphatic carbocycles. The molecule has 1 aromatic rings. The number of rotatable bonds is 5. The fraction of sp³-hybridized carbons (Fsp3) is 0.417. The average molecular weight is 278 g/mol. The van der Waals surface area contributed by atoms with E-state index < -0.39 is 21.7 Å². The molecule has 0 fully saturated rings. The second kappa shape index (κ2) is 7.40. The summed E-state index contributed by atoms with van der Waals surface area (Å²) in [6.07, 6.45) is 0.988. The van der Waals surface area contributed by atoms with Crippen molar-refractivity contribution in [3.05, 3.63) is 35.4 Å². The molecule has 18 heavy (non-hydrogen) atoms. The van der Waals surface area contributed by atoms with Gasteiger partial charge in [0.05, 0.1) is 0 Å². The van der Waals surface area contributed by atoms with Crippen LogP contribution in [0, 0.1) is 0 Å². The number of Topliss-reactive ketones (excluding diaryl/α,β-unsaturated/α-hetero) is 1. The first-order valence-corrected chi connectivity index (χ1v) is 6.98. The molecule has 0 aliphatic heterocycles. The Morgan fingerprint density at radius 3 is 2.17 bits per heavy atom. The standard InChI is InChI=1S/C12H16O4S.Na/c1-3-9(2)10-4-6-11(7-5-10)12(13)8-17(14,15)16;/h4-7,9H,3,8H2,1-2H3,(H,14,15,16);/q;+1/p-1. The second-order valence-electron chi connectivity index (χ2n) is 4.06. The molecule has 0 heterocycles. The summed E-state index contributed by atoms with van der Waals surface area (Å²) >= 11 is 0. The zero-order chi connectivity index (χ0) is 13.1. The third-order valence-electron chi connectivity index (χ3n) is 2.72. The van der Waals surface area contributed by atoms with Gasteiger partial charge >= 0.3 is 29.6 Å². The second-order valence-corrected chi connectivity index (χ2v) is 5.46. The molecule has 1 aromatic carbocycles. The summed E-state index contributed by atoms with van der Waals surface area (Å²) in [7, 11) is -4.50. The summed E-state index contributed by atoms with van der Waals surface area (Å²) in [5.41, 5.74) is 1.35. The van der Waals surface area contributed by atoms with E-state index in [0.717, 1.165) is 12.0 Å². The van der Waals surface area contributed by atoms with Crippen LogP contribution in [0.2, 0.25) is 0 Å². The van der Waals surface area contributed by atoms with Crippen LogP contribution < -0.4 is 29.6 Å². The van der Waals surface area contributed by atoms with Gasteiger partial charge in [0.1, 0.15) is 15.9 Å². The molecule has 94 valence electrons. The van der Waals surface area contributed by atoms with Gasteiger partial charge in [-0.15, -0.1) is 0 Å². The number of ketones is 1. The van der Waals surface area contributed by atoms with Crippen molar-refractivity contribution in [1.82, 2.24) is 0 Å². The van der Waals surface area contributed by atoms with Crippen molar-refractivity contribution in [3.63, 3.8) is 0 Å². The van der Waals surface area contributed by atoms with Crippen LogP contribution in [0.25, 0.3) is 0 Å². The summed E-state index contributed by atoms with van der Waals surface area (Å²) in [5.74, 6) is -1.24. The monoisotopic (exact) mass is 278 g/mol. The fourth-order valence-electron chi connectivity index (χ4n) is 1.48. The van der Waals surface area contributed by atoms with Crippen molar-refractivity contribution < 1.29 is 47.3 Å². The van der Waals surface area contributed by atoms with E-state index in [9.17, 15) is 17.8 Å². The molecule has 1 rings (SSSR count). The molecule has 1 atom stereocenters. The van der Waals surface area contributed by atoms with Crippen LogP contribution >= 0.6 is 0 Å². The molecule has 0 N–H and O–H groups in total. The molecular weight excluding hydrogens is 263 g/mol. The molecule has 1 unspecified atom stereocenters. The first kappa shape index (κ1) is 17.8. The van der Waals surface area contributed by atoms with Crippen LogP contribution in [0.4, 0.5) is 0 Å². The maximum atomic E-state index is 11.4. The normalized spacial score (nSPS) is 12.6. The minimum absolute atomic E-state index is 0. The number of hydrogen-bond donors (Lipinski definition) is 0. The first-order valence-electron chi connectivity index (χ1n) is 5.40. The van der Waals surface area contributed by atoms with Crippen molar-refractivity contribution in [2.24, 2.45) is 0 Å². The Balaban J connectivity index is 0.00000289. The largest absolute Gasteiger partial charge is 1.00 e. The van der Waals surface area contributed by atoms with Crippen molar-refractivity contribution >= 4 is 15.9 Å². The quantitative estimate of drug-likeness (QED) is 0.390. The van der Waals surface area contributed by atoms with Gasteiger partial charge in [-0.3, -0.25) is 4.79 Å². The van der Waals surface area contributed by atoms with Crippen molar-refractivity contribution in [2.45, 2.75) is 26.2 Å². The predicted molar refractivity (Wildman–Crippen MR) is 64.0 cm³/mol. The Morgan fingerprint density at radius 2 is 1.78 bits per heavy atom. The Hall–Kier alpha value is -0.200. The molecule has 0 saturated carbocycles. The van der Waals surface area contributed by atoms with E-state index in [4.69, 9.17) is 0 Å². The van der Waals surface area contributed by atoms with Crippen LogP contribution in [0.5, 0.6) is 0 Å².